The molecule has 0 aliphatic heterocycles. The lowest BCUT2D eigenvalue weighted by Gasteiger charge is -2.18. The number of hydrogen-bond acceptors (Lipinski definition) is 6. The summed E-state index contributed by atoms with van der Waals surface area (Å²) in [7, 11) is 0. The highest BCUT2D eigenvalue weighted by Crippen LogP contribution is 2.16. The zero-order chi connectivity index (χ0) is 55.0. The van der Waals surface area contributed by atoms with Crippen molar-refractivity contribution in [2.24, 2.45) is 0 Å². The van der Waals surface area contributed by atoms with Gasteiger partial charge in [0, 0.05) is 19.3 Å². The first-order valence-electron chi connectivity index (χ1n) is 31.9. The summed E-state index contributed by atoms with van der Waals surface area (Å²) in [5, 5.41) is 0. The molecule has 0 aliphatic rings. The van der Waals surface area contributed by atoms with Crippen molar-refractivity contribution in [2.75, 3.05) is 13.2 Å². The highest BCUT2D eigenvalue weighted by atomic mass is 16.6. The smallest absolute Gasteiger partial charge is 0.306 e. The normalized spacial score (nSPS) is 12.8. The molecule has 0 saturated heterocycles. The van der Waals surface area contributed by atoms with Crippen LogP contribution in [0.2, 0.25) is 0 Å². The monoisotopic (exact) mass is 1050 g/mol. The van der Waals surface area contributed by atoms with E-state index in [-0.39, 0.29) is 31.1 Å². The van der Waals surface area contributed by atoms with E-state index in [9.17, 15) is 14.4 Å². The van der Waals surface area contributed by atoms with Crippen molar-refractivity contribution < 1.29 is 28.6 Å². The second-order valence-electron chi connectivity index (χ2n) is 20.9. The van der Waals surface area contributed by atoms with Crippen LogP contribution in [0.3, 0.4) is 0 Å². The van der Waals surface area contributed by atoms with Gasteiger partial charge in [0.1, 0.15) is 13.2 Å². The lowest BCUT2D eigenvalue weighted by molar-refractivity contribution is -0.167. The van der Waals surface area contributed by atoms with Crippen molar-refractivity contribution in [2.45, 2.75) is 303 Å². The average molecular weight is 1060 g/mol. The number of esters is 3. The van der Waals surface area contributed by atoms with E-state index in [1.165, 1.54) is 141 Å². The van der Waals surface area contributed by atoms with Crippen LogP contribution in [-0.2, 0) is 28.6 Å². The fourth-order valence-corrected chi connectivity index (χ4v) is 8.75. The van der Waals surface area contributed by atoms with Gasteiger partial charge in [0.05, 0.1) is 0 Å². The molecule has 0 aromatic rings. The highest BCUT2D eigenvalue weighted by Gasteiger charge is 2.19. The van der Waals surface area contributed by atoms with Crippen LogP contribution in [-0.4, -0.2) is 37.2 Å². The Bertz CT molecular complexity index is 1540. The fourth-order valence-electron chi connectivity index (χ4n) is 8.75. The minimum Gasteiger partial charge on any atom is -0.462 e. The summed E-state index contributed by atoms with van der Waals surface area (Å²) < 4.78 is 16.8. The van der Waals surface area contributed by atoms with Gasteiger partial charge in [-0.15, -0.1) is 0 Å². The van der Waals surface area contributed by atoms with Crippen molar-refractivity contribution >= 4 is 17.9 Å². The zero-order valence-corrected chi connectivity index (χ0v) is 49.7. The van der Waals surface area contributed by atoms with Crippen LogP contribution < -0.4 is 0 Å². The maximum atomic E-state index is 12.9. The number of allylic oxidation sites excluding steroid dienone is 18. The van der Waals surface area contributed by atoms with Crippen LogP contribution in [0.25, 0.3) is 0 Å². The molecule has 0 N–H and O–H groups in total. The van der Waals surface area contributed by atoms with Gasteiger partial charge in [0.25, 0.3) is 0 Å². The van der Waals surface area contributed by atoms with Gasteiger partial charge in [0.15, 0.2) is 6.10 Å². The van der Waals surface area contributed by atoms with Gasteiger partial charge in [0.2, 0.25) is 0 Å². The Hall–Kier alpha value is -3.93. The summed E-state index contributed by atoms with van der Waals surface area (Å²) in [6.07, 6.45) is 86.8. The van der Waals surface area contributed by atoms with Gasteiger partial charge in [-0.25, -0.2) is 0 Å². The molecular weight excluding hydrogens is 937 g/mol. The Labute approximate surface area is 470 Å². The summed E-state index contributed by atoms with van der Waals surface area (Å²) in [6.45, 7) is 6.48. The zero-order valence-electron chi connectivity index (χ0n) is 49.7. The molecule has 6 heteroatoms. The van der Waals surface area contributed by atoms with Crippen LogP contribution in [0.1, 0.15) is 297 Å². The van der Waals surface area contributed by atoms with Crippen LogP contribution >= 0.6 is 0 Å². The Balaban J connectivity index is 4.18. The number of rotatable bonds is 57. The molecule has 434 valence electrons. The molecule has 0 aromatic heterocycles. The third kappa shape index (κ3) is 60.9. The van der Waals surface area contributed by atoms with E-state index in [4.69, 9.17) is 14.2 Å². The lowest BCUT2D eigenvalue weighted by Crippen LogP contribution is -2.30. The summed E-state index contributed by atoms with van der Waals surface area (Å²) in [4.78, 5) is 38.1. The molecule has 0 bridgehead atoms. The minimum atomic E-state index is -0.781. The molecule has 0 aliphatic carbocycles. The first-order valence-corrected chi connectivity index (χ1v) is 31.9. The van der Waals surface area contributed by atoms with Gasteiger partial charge in [-0.2, -0.15) is 0 Å². The molecule has 0 aromatic carbocycles. The standard InChI is InChI=1S/C70H118O6/c1-4-7-10-13-16-19-21-23-25-27-29-30-31-32-33-34-35-36-37-38-39-40-42-43-45-47-49-51-54-57-60-63-69(72)75-66-67(65-74-68(71)62-59-56-53-18-15-12-9-6-3)76-70(73)64-61-58-55-52-50-48-46-44-41-28-26-24-22-20-17-14-11-8-5-2/h7,10,16-17,19-20,23-26,29-30,32-33,35-36,38-39,67H,4-6,8-9,11-15,18,21-22,27-28,31,34,37,40-66H2,1-3H3/b10-7-,19-16-,20-17-,25-23-,26-24-,30-29-,33-32-,36-35-,39-38-. The summed E-state index contributed by atoms with van der Waals surface area (Å²) in [5.74, 6) is -0.889. The second-order valence-corrected chi connectivity index (χ2v) is 20.9. The predicted octanol–water partition coefficient (Wildman–Crippen LogP) is 21.8. The van der Waals surface area contributed by atoms with Crippen molar-refractivity contribution in [1.29, 1.82) is 0 Å². The second kappa shape index (κ2) is 63.6. The molecule has 0 fully saturated rings. The van der Waals surface area contributed by atoms with E-state index >= 15 is 0 Å². The molecule has 1 atom stereocenters. The summed E-state index contributed by atoms with van der Waals surface area (Å²) in [6, 6.07) is 0. The number of carbonyl (C=O) groups excluding carboxylic acids is 3. The number of hydrogen-bond donors (Lipinski definition) is 0. The predicted molar refractivity (Wildman–Crippen MR) is 330 cm³/mol. The molecule has 0 radical (unpaired) electrons. The SMILES string of the molecule is CC/C=C\C/C=C\C/C=C\C/C=C\C/C=C\C/C=C\C/C=C\CCCCCCCCCCCC(=O)OCC(COC(=O)CCCCCCCCCC)OC(=O)CCCCCCCCCCC/C=C\C/C=C\CCCCC. The average Bonchev–Trinajstić information content (AvgIpc) is 3.42. The van der Waals surface area contributed by atoms with Gasteiger partial charge < -0.3 is 14.2 Å². The van der Waals surface area contributed by atoms with Crippen molar-refractivity contribution in [3.63, 3.8) is 0 Å². The molecule has 76 heavy (non-hydrogen) atoms. The van der Waals surface area contributed by atoms with Crippen LogP contribution in [0.5, 0.6) is 0 Å². The van der Waals surface area contributed by atoms with Crippen molar-refractivity contribution in [3.05, 3.63) is 109 Å². The third-order valence-electron chi connectivity index (χ3n) is 13.5. The Morgan fingerprint density at radius 1 is 0.276 bits per heavy atom. The van der Waals surface area contributed by atoms with Crippen molar-refractivity contribution in [3.8, 4) is 0 Å². The minimum absolute atomic E-state index is 0.0799. The molecule has 1 unspecified atom stereocenters. The van der Waals surface area contributed by atoms with E-state index in [2.05, 4.69) is 130 Å². The van der Waals surface area contributed by atoms with E-state index in [1.54, 1.807) is 0 Å². The number of ether oxygens (including phenoxy) is 3. The third-order valence-corrected chi connectivity index (χ3v) is 13.5. The topological polar surface area (TPSA) is 78.9 Å². The van der Waals surface area contributed by atoms with Crippen LogP contribution in [0.15, 0.2) is 109 Å². The van der Waals surface area contributed by atoms with E-state index in [0.717, 1.165) is 116 Å². The molecule has 0 amide bonds. The van der Waals surface area contributed by atoms with Gasteiger partial charge in [-0.1, -0.05) is 278 Å². The molecule has 0 saturated carbocycles. The lowest BCUT2D eigenvalue weighted by atomic mass is 10.1. The van der Waals surface area contributed by atoms with Crippen LogP contribution in [0, 0.1) is 0 Å². The Morgan fingerprint density at radius 2 is 0.513 bits per heavy atom. The highest BCUT2D eigenvalue weighted by molar-refractivity contribution is 5.71. The van der Waals surface area contributed by atoms with E-state index in [1.807, 2.05) is 0 Å². The summed E-state index contributed by atoms with van der Waals surface area (Å²) >= 11 is 0. The molecule has 0 spiro atoms. The van der Waals surface area contributed by atoms with Gasteiger partial charge >= 0.3 is 17.9 Å². The number of unbranched alkanes of at least 4 members (excludes halogenated alkanes) is 28. The molecular formula is C70H118O6. The fraction of sp³-hybridized carbons (Fsp3) is 0.700. The summed E-state index contributed by atoms with van der Waals surface area (Å²) in [5.41, 5.74) is 0. The quantitative estimate of drug-likeness (QED) is 0.0261. The van der Waals surface area contributed by atoms with Gasteiger partial charge in [-0.05, 0) is 109 Å². The Kier molecular flexibility index (Phi) is 60.3. The maximum absolute atomic E-state index is 12.9. The maximum Gasteiger partial charge on any atom is 0.306 e. The first-order chi connectivity index (χ1) is 37.5. The largest absolute Gasteiger partial charge is 0.462 e. The molecule has 6 nitrogen and oxygen atoms in total. The Morgan fingerprint density at radius 3 is 0.829 bits per heavy atom. The van der Waals surface area contributed by atoms with E-state index < -0.39 is 6.10 Å². The molecule has 0 rings (SSSR count). The van der Waals surface area contributed by atoms with Crippen molar-refractivity contribution in [1.82, 2.24) is 0 Å². The molecule has 0 heterocycles. The first kappa shape index (κ1) is 72.1. The van der Waals surface area contributed by atoms with E-state index in [0.29, 0.717) is 19.3 Å². The van der Waals surface area contributed by atoms with Gasteiger partial charge in [-0.3, -0.25) is 14.4 Å². The number of carbonyl (C=O) groups is 3. The van der Waals surface area contributed by atoms with Crippen LogP contribution in [0.4, 0.5) is 0 Å².